The lowest BCUT2D eigenvalue weighted by atomic mass is 10.2. The molecule has 0 radical (unpaired) electrons. The van der Waals surface area contributed by atoms with Crippen molar-refractivity contribution in [3.63, 3.8) is 0 Å². The van der Waals surface area contributed by atoms with Crippen LogP contribution in [0.25, 0.3) is 0 Å². The number of pyridine rings is 1. The fourth-order valence-corrected chi connectivity index (χ4v) is 5.37. The third kappa shape index (κ3) is 3.47. The van der Waals surface area contributed by atoms with Crippen LogP contribution in [-0.2, 0) is 19.9 Å². The van der Waals surface area contributed by atoms with Gasteiger partial charge < -0.3 is 5.32 Å². The number of aromatic nitrogens is 1. The summed E-state index contributed by atoms with van der Waals surface area (Å²) in [4.78, 5) is 3.96. The molecule has 2 N–H and O–H groups in total. The van der Waals surface area contributed by atoms with Crippen molar-refractivity contribution in [2.24, 2.45) is 0 Å². The molecule has 2 heterocycles. The lowest BCUT2D eigenvalue weighted by Crippen LogP contribution is -2.43. The summed E-state index contributed by atoms with van der Waals surface area (Å²) < 4.78 is 50.2. The number of nitrogens with zero attached hydrogens (tertiary/aromatic N) is 1. The van der Waals surface area contributed by atoms with Crippen LogP contribution < -0.4 is 10.0 Å². The Kier molecular flexibility index (Phi) is 4.31. The molecule has 0 amide bonds. The van der Waals surface area contributed by atoms with Crippen molar-refractivity contribution in [1.29, 1.82) is 0 Å². The van der Waals surface area contributed by atoms with Gasteiger partial charge in [-0.05, 0) is 25.0 Å². The van der Waals surface area contributed by atoms with Crippen LogP contribution in [0.2, 0.25) is 0 Å². The van der Waals surface area contributed by atoms with Gasteiger partial charge in [-0.1, -0.05) is 0 Å². The Hall–Kier alpha value is -1.19. The third-order valence-corrected chi connectivity index (χ3v) is 6.45. The third-order valence-electron chi connectivity index (χ3n) is 3.08. The number of rotatable bonds is 4. The second-order valence-corrected chi connectivity index (χ2v) is 8.59. The molecule has 20 heavy (non-hydrogen) atoms. The van der Waals surface area contributed by atoms with Gasteiger partial charge in [0.25, 0.3) is 0 Å². The van der Waals surface area contributed by atoms with Crippen molar-refractivity contribution in [2.75, 3.05) is 23.9 Å². The maximum atomic E-state index is 12.3. The number of hydrogen-bond acceptors (Lipinski definition) is 6. The van der Waals surface area contributed by atoms with Crippen molar-refractivity contribution in [3.8, 4) is 0 Å². The van der Waals surface area contributed by atoms with E-state index in [2.05, 4.69) is 15.0 Å². The van der Waals surface area contributed by atoms with E-state index in [9.17, 15) is 16.8 Å². The van der Waals surface area contributed by atoms with Gasteiger partial charge >= 0.3 is 0 Å². The fraction of sp³-hybridized carbons (Fsp3) is 0.545. The predicted molar refractivity (Wildman–Crippen MR) is 75.8 cm³/mol. The molecule has 0 saturated carbocycles. The van der Waals surface area contributed by atoms with E-state index in [1.807, 2.05) is 0 Å². The Balaban J connectivity index is 2.23. The molecular weight excluding hydrogens is 302 g/mol. The maximum Gasteiger partial charge on any atom is 0.244 e. The summed E-state index contributed by atoms with van der Waals surface area (Å²) in [5.74, 6) is 0.208. The van der Waals surface area contributed by atoms with Gasteiger partial charge in [-0.3, -0.25) is 0 Å². The van der Waals surface area contributed by atoms with Crippen molar-refractivity contribution in [3.05, 3.63) is 18.3 Å². The van der Waals surface area contributed by atoms with Crippen LogP contribution in [0.15, 0.2) is 23.2 Å². The molecule has 1 aromatic rings. The van der Waals surface area contributed by atoms with Crippen molar-refractivity contribution < 1.29 is 16.8 Å². The van der Waals surface area contributed by atoms with Gasteiger partial charge in [0.15, 0.2) is 9.84 Å². The molecule has 7 nitrogen and oxygen atoms in total. The highest BCUT2D eigenvalue weighted by Gasteiger charge is 2.29. The van der Waals surface area contributed by atoms with Crippen LogP contribution in [0.1, 0.15) is 12.8 Å². The Morgan fingerprint density at radius 2 is 2.15 bits per heavy atom. The molecule has 2 rings (SSSR count). The zero-order valence-electron chi connectivity index (χ0n) is 11.0. The van der Waals surface area contributed by atoms with Crippen LogP contribution in [0.3, 0.4) is 0 Å². The quantitative estimate of drug-likeness (QED) is 0.808. The largest absolute Gasteiger partial charge is 0.372 e. The fourth-order valence-electron chi connectivity index (χ4n) is 2.19. The summed E-state index contributed by atoms with van der Waals surface area (Å²) >= 11 is 0. The van der Waals surface area contributed by atoms with Gasteiger partial charge in [-0.2, -0.15) is 0 Å². The Bertz CT molecular complexity index is 685. The molecule has 0 aliphatic carbocycles. The smallest absolute Gasteiger partial charge is 0.244 e. The van der Waals surface area contributed by atoms with E-state index in [1.54, 1.807) is 7.05 Å². The minimum absolute atomic E-state index is 0.0190. The highest BCUT2D eigenvalue weighted by atomic mass is 32.2. The first-order valence-electron chi connectivity index (χ1n) is 6.19. The van der Waals surface area contributed by atoms with E-state index in [-0.39, 0.29) is 22.2 Å². The minimum Gasteiger partial charge on any atom is -0.372 e. The first-order valence-corrected chi connectivity index (χ1v) is 9.50. The Morgan fingerprint density at radius 1 is 1.40 bits per heavy atom. The topological polar surface area (TPSA) is 105 Å². The van der Waals surface area contributed by atoms with Crippen LogP contribution in [0, 0.1) is 0 Å². The van der Waals surface area contributed by atoms with Gasteiger partial charge in [-0.15, -0.1) is 0 Å². The molecule has 0 aromatic carbocycles. The number of sulfonamides is 1. The average Bonchev–Trinajstić information content (AvgIpc) is 2.37. The van der Waals surface area contributed by atoms with E-state index >= 15 is 0 Å². The van der Waals surface area contributed by atoms with Crippen LogP contribution in [0.4, 0.5) is 5.82 Å². The van der Waals surface area contributed by atoms with Gasteiger partial charge in [0.05, 0.1) is 11.5 Å². The van der Waals surface area contributed by atoms with Crippen molar-refractivity contribution in [1.82, 2.24) is 9.71 Å². The van der Waals surface area contributed by atoms with E-state index < -0.39 is 25.9 Å². The zero-order valence-corrected chi connectivity index (χ0v) is 12.7. The second kappa shape index (κ2) is 5.66. The minimum atomic E-state index is -3.79. The molecule has 1 aromatic heterocycles. The highest BCUT2D eigenvalue weighted by molar-refractivity contribution is 7.91. The summed E-state index contributed by atoms with van der Waals surface area (Å²) in [6, 6.07) is 2.37. The first kappa shape index (κ1) is 15.2. The summed E-state index contributed by atoms with van der Waals surface area (Å²) in [7, 11) is -5.38. The normalized spacial score (nSPS) is 22.4. The van der Waals surface area contributed by atoms with E-state index in [4.69, 9.17) is 0 Å². The van der Waals surface area contributed by atoms with Gasteiger partial charge in [0.1, 0.15) is 10.7 Å². The summed E-state index contributed by atoms with van der Waals surface area (Å²) in [6.45, 7) is 0. The van der Waals surface area contributed by atoms with Gasteiger partial charge in [0.2, 0.25) is 10.0 Å². The molecule has 0 spiro atoms. The van der Waals surface area contributed by atoms with Crippen LogP contribution in [0.5, 0.6) is 0 Å². The lowest BCUT2D eigenvalue weighted by Gasteiger charge is -2.23. The van der Waals surface area contributed by atoms with Crippen LogP contribution >= 0.6 is 0 Å². The average molecular weight is 319 g/mol. The number of anilines is 1. The Morgan fingerprint density at radius 3 is 2.80 bits per heavy atom. The summed E-state index contributed by atoms with van der Waals surface area (Å²) in [5, 5.41) is 2.71. The predicted octanol–water partition coefficient (Wildman–Crippen LogP) is -0.0212. The monoisotopic (exact) mass is 319 g/mol. The molecule has 1 saturated heterocycles. The number of nitrogens with one attached hydrogen (secondary N) is 2. The first-order chi connectivity index (χ1) is 9.34. The van der Waals surface area contributed by atoms with Crippen molar-refractivity contribution >= 4 is 25.7 Å². The number of sulfone groups is 1. The van der Waals surface area contributed by atoms with E-state index in [0.29, 0.717) is 12.8 Å². The zero-order chi connectivity index (χ0) is 14.8. The Labute approximate surface area is 118 Å². The molecule has 1 aliphatic heterocycles. The standard InChI is InChI=1S/C11H17N3O4S2/c1-12-11-10(5-2-6-13-11)20(17,18)14-9-4-3-7-19(15,16)8-9/h2,5-6,9,14H,3-4,7-8H2,1H3,(H,12,13). The van der Waals surface area contributed by atoms with E-state index in [0.717, 1.165) is 0 Å². The van der Waals surface area contributed by atoms with Crippen molar-refractivity contribution in [2.45, 2.75) is 23.8 Å². The van der Waals surface area contributed by atoms with E-state index in [1.165, 1.54) is 18.3 Å². The van der Waals surface area contributed by atoms with Crippen LogP contribution in [-0.4, -0.2) is 46.4 Å². The SMILES string of the molecule is CNc1ncccc1S(=O)(=O)NC1CCCS(=O)(=O)C1. The molecule has 112 valence electrons. The molecule has 1 atom stereocenters. The second-order valence-electron chi connectivity index (χ2n) is 4.67. The highest BCUT2D eigenvalue weighted by Crippen LogP contribution is 2.20. The van der Waals surface area contributed by atoms with Gasteiger partial charge in [-0.25, -0.2) is 26.5 Å². The molecule has 1 fully saturated rings. The van der Waals surface area contributed by atoms with Gasteiger partial charge in [0, 0.05) is 19.3 Å². The molecule has 1 aliphatic rings. The molecule has 1 unspecified atom stereocenters. The summed E-state index contributed by atoms with van der Waals surface area (Å²) in [5.41, 5.74) is 0. The maximum absolute atomic E-state index is 12.3. The number of hydrogen-bond donors (Lipinski definition) is 2. The molecule has 0 bridgehead atoms. The molecule has 9 heteroatoms. The lowest BCUT2D eigenvalue weighted by molar-refractivity contribution is 0.517. The summed E-state index contributed by atoms with van der Waals surface area (Å²) in [6.07, 6.45) is 2.48. The molecular formula is C11H17N3O4S2.